The Morgan fingerprint density at radius 3 is 1.75 bits per heavy atom. The molecule has 0 amide bonds. The highest BCUT2D eigenvalue weighted by molar-refractivity contribution is 5.08. The van der Waals surface area contributed by atoms with E-state index in [1.54, 1.807) is 0 Å². The Hall–Kier alpha value is -0.390. The molecule has 1 fully saturated rings. The molecular formula is C6H7F5O. The Bertz CT molecular complexity index is 199. The van der Waals surface area contributed by atoms with E-state index in [0.29, 0.717) is 6.92 Å². The van der Waals surface area contributed by atoms with Crippen LogP contribution in [0.2, 0.25) is 0 Å². The maximum Gasteiger partial charge on any atom is 0.423 e. The number of hydrogen-bond acceptors (Lipinski definition) is 1. The molecule has 0 N–H and O–H groups in total. The first kappa shape index (κ1) is 9.70. The molecule has 1 heterocycles. The van der Waals surface area contributed by atoms with Gasteiger partial charge in [-0.3, -0.25) is 0 Å². The van der Waals surface area contributed by atoms with E-state index >= 15 is 0 Å². The number of ether oxygens (including phenoxy) is 1. The summed E-state index contributed by atoms with van der Waals surface area (Å²) in [4.78, 5) is 0. The van der Waals surface area contributed by atoms with Crippen molar-refractivity contribution in [3.05, 3.63) is 0 Å². The van der Waals surface area contributed by atoms with Gasteiger partial charge in [-0.2, -0.15) is 13.2 Å². The minimum absolute atomic E-state index is 0.354. The molecule has 0 bridgehead atoms. The van der Waals surface area contributed by atoms with Crippen molar-refractivity contribution >= 4 is 0 Å². The van der Waals surface area contributed by atoms with Crippen LogP contribution in [0.1, 0.15) is 13.8 Å². The molecule has 1 saturated heterocycles. The van der Waals surface area contributed by atoms with Gasteiger partial charge in [0.15, 0.2) is 0 Å². The molecule has 1 rings (SSSR count). The molecule has 0 aliphatic carbocycles. The van der Waals surface area contributed by atoms with Crippen LogP contribution in [0.25, 0.3) is 0 Å². The van der Waals surface area contributed by atoms with Crippen molar-refractivity contribution in [3.63, 3.8) is 0 Å². The zero-order valence-corrected chi connectivity index (χ0v) is 6.38. The third kappa shape index (κ3) is 0.870. The highest BCUT2D eigenvalue weighted by Crippen LogP contribution is 2.55. The Kier molecular flexibility index (Phi) is 1.70. The monoisotopic (exact) mass is 190 g/mol. The highest BCUT2D eigenvalue weighted by atomic mass is 19.4. The number of rotatable bonds is 0. The maximum absolute atomic E-state index is 12.6. The van der Waals surface area contributed by atoms with Gasteiger partial charge in [-0.25, -0.2) is 8.78 Å². The summed E-state index contributed by atoms with van der Waals surface area (Å²) in [5, 5.41) is 0. The second-order valence-electron chi connectivity index (χ2n) is 2.91. The second-order valence-corrected chi connectivity index (χ2v) is 2.91. The summed E-state index contributed by atoms with van der Waals surface area (Å²) in [6, 6.07) is 0. The smallest absolute Gasteiger partial charge is 0.351 e. The van der Waals surface area contributed by atoms with E-state index in [0.717, 1.165) is 6.92 Å². The molecule has 12 heavy (non-hydrogen) atoms. The van der Waals surface area contributed by atoms with Crippen LogP contribution in [0.5, 0.6) is 0 Å². The lowest BCUT2D eigenvalue weighted by atomic mass is 9.86. The molecule has 2 unspecified atom stereocenters. The van der Waals surface area contributed by atoms with E-state index in [9.17, 15) is 22.0 Å². The van der Waals surface area contributed by atoms with E-state index in [1.807, 2.05) is 0 Å². The predicted molar refractivity (Wildman–Crippen MR) is 30.0 cm³/mol. The lowest BCUT2D eigenvalue weighted by Crippen LogP contribution is -2.73. The Labute approximate surface area is 65.5 Å². The summed E-state index contributed by atoms with van der Waals surface area (Å²) in [5.41, 5.74) is -3.31. The van der Waals surface area contributed by atoms with Crippen LogP contribution in [0.4, 0.5) is 22.0 Å². The average Bonchev–Trinajstić information content (AvgIpc) is 1.85. The van der Waals surface area contributed by atoms with Gasteiger partial charge in [0.1, 0.15) is 6.10 Å². The molecule has 6 heteroatoms. The van der Waals surface area contributed by atoms with E-state index in [2.05, 4.69) is 4.74 Å². The van der Waals surface area contributed by atoms with Gasteiger partial charge in [0, 0.05) is 0 Å². The van der Waals surface area contributed by atoms with Crippen LogP contribution >= 0.6 is 0 Å². The zero-order chi connectivity index (χ0) is 9.78. The Morgan fingerprint density at radius 1 is 1.25 bits per heavy atom. The van der Waals surface area contributed by atoms with Gasteiger partial charge in [-0.15, -0.1) is 0 Å². The number of hydrogen-bond donors (Lipinski definition) is 0. The van der Waals surface area contributed by atoms with Gasteiger partial charge < -0.3 is 4.74 Å². The quantitative estimate of drug-likeness (QED) is 0.533. The summed E-state index contributed by atoms with van der Waals surface area (Å²) in [5.74, 6) is -3.83. The van der Waals surface area contributed by atoms with Crippen molar-refractivity contribution < 1.29 is 26.7 Å². The van der Waals surface area contributed by atoms with Crippen molar-refractivity contribution in [1.29, 1.82) is 0 Å². The zero-order valence-electron chi connectivity index (χ0n) is 6.38. The normalized spacial score (nSPS) is 40.8. The van der Waals surface area contributed by atoms with Gasteiger partial charge in [0.05, 0.1) is 0 Å². The molecule has 0 saturated carbocycles. The second kappa shape index (κ2) is 2.10. The van der Waals surface area contributed by atoms with Crippen molar-refractivity contribution in [1.82, 2.24) is 0 Å². The van der Waals surface area contributed by atoms with E-state index in [-0.39, 0.29) is 0 Å². The van der Waals surface area contributed by atoms with Gasteiger partial charge >= 0.3 is 12.1 Å². The van der Waals surface area contributed by atoms with Crippen molar-refractivity contribution in [2.24, 2.45) is 0 Å². The molecule has 1 aliphatic rings. The van der Waals surface area contributed by atoms with Crippen LogP contribution in [0.15, 0.2) is 0 Å². The van der Waals surface area contributed by atoms with Gasteiger partial charge in [-0.05, 0) is 13.8 Å². The minimum Gasteiger partial charge on any atom is -0.351 e. The van der Waals surface area contributed by atoms with E-state index < -0.39 is 23.8 Å². The van der Waals surface area contributed by atoms with Gasteiger partial charge in [0.25, 0.3) is 0 Å². The van der Waals surface area contributed by atoms with Crippen molar-refractivity contribution in [2.75, 3.05) is 0 Å². The SMILES string of the molecule is CC1OC(C)(C(F)(F)F)C1(F)F. The van der Waals surface area contributed by atoms with E-state index in [1.165, 1.54) is 0 Å². The lowest BCUT2D eigenvalue weighted by molar-refractivity contribution is -0.443. The van der Waals surface area contributed by atoms with Crippen LogP contribution in [-0.4, -0.2) is 23.8 Å². The molecule has 0 aromatic carbocycles. The molecule has 0 spiro atoms. The molecular weight excluding hydrogens is 183 g/mol. The molecule has 1 nitrogen and oxygen atoms in total. The molecule has 0 aromatic rings. The van der Waals surface area contributed by atoms with Crippen LogP contribution in [0, 0.1) is 0 Å². The largest absolute Gasteiger partial charge is 0.423 e. The van der Waals surface area contributed by atoms with Crippen LogP contribution in [0.3, 0.4) is 0 Å². The average molecular weight is 190 g/mol. The maximum atomic E-state index is 12.6. The molecule has 2 atom stereocenters. The Balaban J connectivity index is 2.91. The van der Waals surface area contributed by atoms with Crippen LogP contribution in [-0.2, 0) is 4.74 Å². The van der Waals surface area contributed by atoms with Gasteiger partial charge in [-0.1, -0.05) is 0 Å². The fourth-order valence-electron chi connectivity index (χ4n) is 1.09. The predicted octanol–water partition coefficient (Wildman–Crippen LogP) is 2.36. The highest BCUT2D eigenvalue weighted by Gasteiger charge is 2.78. The van der Waals surface area contributed by atoms with Crippen LogP contribution < -0.4 is 0 Å². The first-order valence-electron chi connectivity index (χ1n) is 3.25. The van der Waals surface area contributed by atoms with Crippen molar-refractivity contribution in [3.8, 4) is 0 Å². The fourth-order valence-corrected chi connectivity index (χ4v) is 1.09. The summed E-state index contributed by atoms with van der Waals surface area (Å²) >= 11 is 0. The molecule has 0 aromatic heterocycles. The van der Waals surface area contributed by atoms with Crippen molar-refractivity contribution in [2.45, 2.75) is 37.7 Å². The third-order valence-corrected chi connectivity index (χ3v) is 2.10. The summed E-state index contributed by atoms with van der Waals surface area (Å²) in [6.07, 6.45) is -6.69. The summed E-state index contributed by atoms with van der Waals surface area (Å²) < 4.78 is 65.1. The Morgan fingerprint density at radius 2 is 1.67 bits per heavy atom. The standard InChI is InChI=1S/C6H7F5O/c1-3-5(7,8)4(2,12-3)6(9,10)11/h3H,1-2H3. The lowest BCUT2D eigenvalue weighted by Gasteiger charge is -2.51. The minimum atomic E-state index is -5.02. The van der Waals surface area contributed by atoms with Gasteiger partial charge in [0.2, 0.25) is 5.60 Å². The summed E-state index contributed by atoms with van der Waals surface area (Å²) in [7, 11) is 0. The number of alkyl halides is 5. The topological polar surface area (TPSA) is 9.23 Å². The fraction of sp³-hybridized carbons (Fsp3) is 1.00. The molecule has 72 valence electrons. The first-order valence-corrected chi connectivity index (χ1v) is 3.25. The summed E-state index contributed by atoms with van der Waals surface area (Å²) in [6.45, 7) is 1.26. The first-order chi connectivity index (χ1) is 5.13. The number of halogens is 5. The molecule has 1 aliphatic heterocycles. The molecule has 0 radical (unpaired) electrons. The third-order valence-electron chi connectivity index (χ3n) is 2.10. The van der Waals surface area contributed by atoms with E-state index in [4.69, 9.17) is 0 Å².